The van der Waals surface area contributed by atoms with Crippen LogP contribution in [-0.2, 0) is 26.6 Å². The predicted octanol–water partition coefficient (Wildman–Crippen LogP) is 1.76. The summed E-state index contributed by atoms with van der Waals surface area (Å²) in [5.74, 6) is 0.683. The van der Waals surface area contributed by atoms with Crippen LogP contribution in [0, 0.1) is 0 Å². The summed E-state index contributed by atoms with van der Waals surface area (Å²) in [4.78, 5) is 24.5. The van der Waals surface area contributed by atoms with Gasteiger partial charge in [-0.2, -0.15) is 0 Å². The lowest BCUT2D eigenvalue weighted by molar-refractivity contribution is 0.0746. The summed E-state index contributed by atoms with van der Waals surface area (Å²) in [5, 5.41) is 0. The topological polar surface area (TPSA) is 44.6 Å². The van der Waals surface area contributed by atoms with Gasteiger partial charge in [0.05, 0.1) is 5.69 Å². The molecule has 1 amide bonds. The molecular weight excluding hydrogens is 338 g/mol. The second kappa shape index (κ2) is 7.82. The Morgan fingerprint density at radius 1 is 1.04 bits per heavy atom. The molecule has 27 heavy (non-hydrogen) atoms. The fraction of sp³-hybridized carbons (Fsp3) is 0.524. The standard InChI is InChI=1S/C21H29N5O/c1-23-10-6-11-26(14-13-23)21(27)20-22-18-16-25(12-9-19(18)24(20)2)15-17-7-4-3-5-8-17/h3-5,7-8H,6,9-16H2,1-2H3. The van der Waals surface area contributed by atoms with E-state index in [9.17, 15) is 4.79 Å². The van der Waals surface area contributed by atoms with Gasteiger partial charge in [-0.1, -0.05) is 30.3 Å². The molecule has 1 saturated heterocycles. The van der Waals surface area contributed by atoms with Crippen molar-refractivity contribution in [3.63, 3.8) is 0 Å². The lowest BCUT2D eigenvalue weighted by Crippen LogP contribution is -2.36. The number of hydrogen-bond donors (Lipinski definition) is 0. The van der Waals surface area contributed by atoms with Crippen molar-refractivity contribution in [2.75, 3.05) is 39.8 Å². The van der Waals surface area contributed by atoms with E-state index >= 15 is 0 Å². The van der Waals surface area contributed by atoms with Crippen molar-refractivity contribution in [2.24, 2.45) is 7.05 Å². The van der Waals surface area contributed by atoms with E-state index in [1.807, 2.05) is 16.5 Å². The summed E-state index contributed by atoms with van der Waals surface area (Å²) in [5.41, 5.74) is 3.60. The van der Waals surface area contributed by atoms with Crippen molar-refractivity contribution in [1.29, 1.82) is 0 Å². The van der Waals surface area contributed by atoms with E-state index in [2.05, 4.69) is 47.2 Å². The van der Waals surface area contributed by atoms with Crippen LogP contribution in [0.25, 0.3) is 0 Å². The summed E-state index contributed by atoms with van der Waals surface area (Å²) >= 11 is 0. The van der Waals surface area contributed by atoms with Crippen LogP contribution in [0.3, 0.4) is 0 Å². The highest BCUT2D eigenvalue weighted by molar-refractivity contribution is 5.91. The Morgan fingerprint density at radius 3 is 2.67 bits per heavy atom. The second-order valence-corrected chi connectivity index (χ2v) is 7.78. The number of carbonyl (C=O) groups is 1. The monoisotopic (exact) mass is 367 g/mol. The van der Waals surface area contributed by atoms with Crippen molar-refractivity contribution in [2.45, 2.75) is 25.9 Å². The molecule has 0 spiro atoms. The zero-order valence-corrected chi connectivity index (χ0v) is 16.4. The number of benzene rings is 1. The molecule has 1 aromatic heterocycles. The lowest BCUT2D eigenvalue weighted by atomic mass is 10.1. The van der Waals surface area contributed by atoms with E-state index in [1.54, 1.807) is 0 Å². The van der Waals surface area contributed by atoms with Crippen LogP contribution in [0.4, 0.5) is 0 Å². The summed E-state index contributed by atoms with van der Waals surface area (Å²) in [6.45, 7) is 6.33. The van der Waals surface area contributed by atoms with Crippen LogP contribution in [0.15, 0.2) is 30.3 Å². The van der Waals surface area contributed by atoms with Gasteiger partial charge in [0.2, 0.25) is 0 Å². The van der Waals surface area contributed by atoms with E-state index in [4.69, 9.17) is 4.98 Å². The van der Waals surface area contributed by atoms with Crippen LogP contribution in [0.1, 0.15) is 34.0 Å². The molecule has 0 N–H and O–H groups in total. The Balaban J connectivity index is 1.48. The number of nitrogens with zero attached hydrogens (tertiary/aromatic N) is 5. The molecule has 1 aromatic carbocycles. The highest BCUT2D eigenvalue weighted by Gasteiger charge is 2.28. The van der Waals surface area contributed by atoms with Crippen LogP contribution in [0.2, 0.25) is 0 Å². The fourth-order valence-electron chi connectivity index (χ4n) is 4.14. The highest BCUT2D eigenvalue weighted by atomic mass is 16.2. The molecule has 144 valence electrons. The number of imidazole rings is 1. The minimum absolute atomic E-state index is 0.0804. The van der Waals surface area contributed by atoms with Crippen molar-refractivity contribution in [3.05, 3.63) is 53.1 Å². The molecule has 0 bridgehead atoms. The first-order chi connectivity index (χ1) is 13.1. The quantitative estimate of drug-likeness (QED) is 0.829. The Kier molecular flexibility index (Phi) is 5.27. The van der Waals surface area contributed by atoms with Gasteiger partial charge in [0.15, 0.2) is 5.82 Å². The molecule has 0 atom stereocenters. The fourth-order valence-corrected chi connectivity index (χ4v) is 4.14. The molecule has 0 radical (unpaired) electrons. The Bertz CT molecular complexity index is 800. The zero-order valence-electron chi connectivity index (χ0n) is 16.4. The molecule has 4 rings (SSSR count). The third-order valence-corrected chi connectivity index (χ3v) is 5.78. The molecule has 0 aliphatic carbocycles. The van der Waals surface area contributed by atoms with Gasteiger partial charge < -0.3 is 14.4 Å². The number of aromatic nitrogens is 2. The first-order valence-electron chi connectivity index (χ1n) is 9.90. The van der Waals surface area contributed by atoms with Crippen molar-refractivity contribution < 1.29 is 4.79 Å². The minimum atomic E-state index is 0.0804. The van der Waals surface area contributed by atoms with E-state index in [-0.39, 0.29) is 5.91 Å². The number of hydrogen-bond acceptors (Lipinski definition) is 4. The van der Waals surface area contributed by atoms with Crippen LogP contribution in [-0.4, -0.2) is 69.9 Å². The number of likely N-dealkylation sites (N-methyl/N-ethyl adjacent to an activating group) is 1. The lowest BCUT2D eigenvalue weighted by Gasteiger charge is -2.26. The van der Waals surface area contributed by atoms with Crippen molar-refractivity contribution >= 4 is 5.91 Å². The number of carbonyl (C=O) groups excluding carboxylic acids is 1. The molecule has 2 aromatic rings. The first kappa shape index (κ1) is 18.2. The molecular formula is C21H29N5O. The molecule has 6 heteroatoms. The predicted molar refractivity (Wildman–Crippen MR) is 105 cm³/mol. The third-order valence-electron chi connectivity index (χ3n) is 5.78. The van der Waals surface area contributed by atoms with Gasteiger partial charge >= 0.3 is 0 Å². The molecule has 0 unspecified atom stereocenters. The molecule has 3 heterocycles. The molecule has 2 aliphatic heterocycles. The van der Waals surface area contributed by atoms with Gasteiger partial charge in [0.1, 0.15) is 0 Å². The number of fused-ring (bicyclic) bond motifs is 1. The zero-order chi connectivity index (χ0) is 18.8. The SMILES string of the molecule is CN1CCCN(C(=O)c2nc3c(n2C)CCN(Cc2ccccc2)C3)CC1. The van der Waals surface area contributed by atoms with Gasteiger partial charge in [-0.3, -0.25) is 9.69 Å². The van der Waals surface area contributed by atoms with Crippen LogP contribution < -0.4 is 0 Å². The third kappa shape index (κ3) is 3.92. The van der Waals surface area contributed by atoms with Crippen LogP contribution >= 0.6 is 0 Å². The van der Waals surface area contributed by atoms with Gasteiger partial charge in [0.25, 0.3) is 5.91 Å². The average Bonchev–Trinajstić information content (AvgIpc) is 2.85. The van der Waals surface area contributed by atoms with Gasteiger partial charge in [-0.25, -0.2) is 4.98 Å². The van der Waals surface area contributed by atoms with Gasteiger partial charge in [0, 0.05) is 58.4 Å². The van der Waals surface area contributed by atoms with Gasteiger partial charge in [-0.05, 0) is 25.6 Å². The van der Waals surface area contributed by atoms with Gasteiger partial charge in [-0.15, -0.1) is 0 Å². The maximum atomic E-state index is 13.1. The van der Waals surface area contributed by atoms with Crippen molar-refractivity contribution in [3.8, 4) is 0 Å². The van der Waals surface area contributed by atoms with E-state index in [0.717, 1.165) is 64.3 Å². The Morgan fingerprint density at radius 2 is 1.85 bits per heavy atom. The Labute approximate surface area is 161 Å². The molecule has 1 fully saturated rings. The molecule has 0 saturated carbocycles. The van der Waals surface area contributed by atoms with E-state index in [0.29, 0.717) is 5.82 Å². The maximum Gasteiger partial charge on any atom is 0.289 e. The molecule has 2 aliphatic rings. The average molecular weight is 367 g/mol. The summed E-state index contributed by atoms with van der Waals surface area (Å²) in [6.07, 6.45) is 1.97. The number of rotatable bonds is 3. The normalized spacial score (nSPS) is 19.0. The van der Waals surface area contributed by atoms with Crippen molar-refractivity contribution in [1.82, 2.24) is 24.3 Å². The second-order valence-electron chi connectivity index (χ2n) is 7.78. The van der Waals surface area contributed by atoms with E-state index in [1.165, 1.54) is 11.3 Å². The smallest absolute Gasteiger partial charge is 0.289 e. The van der Waals surface area contributed by atoms with E-state index < -0.39 is 0 Å². The summed E-state index contributed by atoms with van der Waals surface area (Å²) in [7, 11) is 4.12. The summed E-state index contributed by atoms with van der Waals surface area (Å²) in [6, 6.07) is 10.6. The van der Waals surface area contributed by atoms with Crippen LogP contribution in [0.5, 0.6) is 0 Å². The summed E-state index contributed by atoms with van der Waals surface area (Å²) < 4.78 is 2.03. The number of amides is 1. The highest BCUT2D eigenvalue weighted by Crippen LogP contribution is 2.22. The Hall–Kier alpha value is -2.18. The first-order valence-corrected chi connectivity index (χ1v) is 9.90. The maximum absolute atomic E-state index is 13.1. The molecule has 6 nitrogen and oxygen atoms in total. The largest absolute Gasteiger partial charge is 0.335 e. The minimum Gasteiger partial charge on any atom is -0.335 e.